The number of nitrogens with one attached hydrogen (secondary N) is 1. The second-order valence-electron chi connectivity index (χ2n) is 4.64. The van der Waals surface area contributed by atoms with Crippen LogP contribution in [0.25, 0.3) is 5.82 Å². The fraction of sp³-hybridized carbons (Fsp3) is 0.500. The lowest BCUT2D eigenvalue weighted by Gasteiger charge is -2.09. The number of hydrogen-bond acceptors (Lipinski definition) is 5. The van der Waals surface area contributed by atoms with Crippen LogP contribution in [-0.4, -0.2) is 26.3 Å². The number of aryl methyl sites for hydroxylation is 2. The van der Waals surface area contributed by atoms with Crippen LogP contribution in [0.15, 0.2) is 12.1 Å². The van der Waals surface area contributed by atoms with Crippen molar-refractivity contribution in [3.63, 3.8) is 0 Å². The van der Waals surface area contributed by atoms with Crippen molar-refractivity contribution < 1.29 is 0 Å². The quantitative estimate of drug-likeness (QED) is 0.844. The Hall–Kier alpha value is -2.11. The van der Waals surface area contributed by atoms with Gasteiger partial charge in [0.2, 0.25) is 5.95 Å². The van der Waals surface area contributed by atoms with E-state index in [1.165, 1.54) is 0 Å². The number of aromatic nitrogens is 4. The monoisotopic (exact) mass is 274 g/mol. The molecular formula is C14H22N6. The molecule has 0 fully saturated rings. The Bertz CT molecular complexity index is 575. The molecule has 2 aromatic heterocycles. The van der Waals surface area contributed by atoms with E-state index in [2.05, 4.69) is 47.2 Å². The third-order valence-electron chi connectivity index (χ3n) is 3.06. The van der Waals surface area contributed by atoms with Gasteiger partial charge < -0.3 is 11.1 Å². The molecule has 20 heavy (non-hydrogen) atoms. The van der Waals surface area contributed by atoms with Crippen molar-refractivity contribution >= 4 is 11.8 Å². The van der Waals surface area contributed by atoms with Crippen molar-refractivity contribution in [1.29, 1.82) is 0 Å². The highest BCUT2D eigenvalue weighted by Crippen LogP contribution is 2.16. The Morgan fingerprint density at radius 3 is 2.60 bits per heavy atom. The summed E-state index contributed by atoms with van der Waals surface area (Å²) < 4.78 is 1.86. The Morgan fingerprint density at radius 1 is 1.15 bits per heavy atom. The maximum Gasteiger partial charge on any atom is 0.224 e. The molecule has 0 spiro atoms. The van der Waals surface area contributed by atoms with Crippen molar-refractivity contribution in [2.24, 2.45) is 0 Å². The van der Waals surface area contributed by atoms with E-state index in [4.69, 9.17) is 5.73 Å². The van der Waals surface area contributed by atoms with Gasteiger partial charge >= 0.3 is 0 Å². The van der Waals surface area contributed by atoms with Gasteiger partial charge in [0, 0.05) is 18.3 Å². The normalized spacial score (nSPS) is 10.8. The van der Waals surface area contributed by atoms with E-state index in [0.29, 0.717) is 5.82 Å². The van der Waals surface area contributed by atoms with Gasteiger partial charge in [-0.25, -0.2) is 4.68 Å². The first-order chi connectivity index (χ1) is 9.67. The van der Waals surface area contributed by atoms with Crippen LogP contribution in [0.5, 0.6) is 0 Å². The molecule has 108 valence electrons. The molecule has 0 bridgehead atoms. The van der Waals surface area contributed by atoms with Crippen molar-refractivity contribution in [2.45, 2.75) is 40.0 Å². The van der Waals surface area contributed by atoms with E-state index in [1.54, 1.807) is 0 Å². The van der Waals surface area contributed by atoms with Gasteiger partial charge in [-0.3, -0.25) is 0 Å². The summed E-state index contributed by atoms with van der Waals surface area (Å²) in [4.78, 5) is 8.49. The molecule has 2 heterocycles. The highest BCUT2D eigenvalue weighted by Gasteiger charge is 2.10. The number of rotatable bonds is 6. The summed E-state index contributed by atoms with van der Waals surface area (Å²) in [6.45, 7) is 7.16. The number of nitrogen functional groups attached to an aromatic ring is 1. The van der Waals surface area contributed by atoms with E-state index in [1.807, 2.05) is 10.7 Å². The molecule has 0 aromatic carbocycles. The van der Waals surface area contributed by atoms with E-state index in [0.717, 1.165) is 43.0 Å². The maximum atomic E-state index is 5.80. The first kappa shape index (κ1) is 14.3. The molecule has 0 atom stereocenters. The third-order valence-corrected chi connectivity index (χ3v) is 3.06. The van der Waals surface area contributed by atoms with Gasteiger partial charge in [-0.1, -0.05) is 20.8 Å². The van der Waals surface area contributed by atoms with Crippen molar-refractivity contribution in [1.82, 2.24) is 19.7 Å². The number of nitrogens with zero attached hydrogens (tertiary/aromatic N) is 4. The Kier molecular flexibility index (Phi) is 4.55. The molecule has 2 aromatic rings. The molecule has 6 nitrogen and oxygen atoms in total. The largest absolute Gasteiger partial charge is 0.370 e. The average Bonchev–Trinajstić information content (AvgIpc) is 2.88. The van der Waals surface area contributed by atoms with Gasteiger partial charge in [-0.2, -0.15) is 15.1 Å². The van der Waals surface area contributed by atoms with Crippen molar-refractivity contribution in [3.05, 3.63) is 23.5 Å². The molecule has 3 N–H and O–H groups in total. The molecule has 0 aliphatic heterocycles. The predicted molar refractivity (Wildman–Crippen MR) is 81.1 cm³/mol. The summed E-state index contributed by atoms with van der Waals surface area (Å²) >= 11 is 0. The van der Waals surface area contributed by atoms with Crippen LogP contribution in [0.1, 0.15) is 38.6 Å². The molecule has 0 saturated heterocycles. The summed E-state index contributed by atoms with van der Waals surface area (Å²) in [6, 6.07) is 4.00. The Morgan fingerprint density at radius 2 is 1.95 bits per heavy atom. The fourth-order valence-corrected chi connectivity index (χ4v) is 2.00. The highest BCUT2D eigenvalue weighted by molar-refractivity contribution is 5.46. The van der Waals surface area contributed by atoms with Gasteiger partial charge in [0.15, 0.2) is 5.82 Å². The fourth-order valence-electron chi connectivity index (χ4n) is 2.00. The van der Waals surface area contributed by atoms with Gasteiger partial charge in [0.05, 0.1) is 5.69 Å². The van der Waals surface area contributed by atoms with E-state index >= 15 is 0 Å². The molecule has 0 aliphatic rings. The first-order valence-electron chi connectivity index (χ1n) is 7.14. The lowest BCUT2D eigenvalue weighted by Crippen LogP contribution is -2.10. The van der Waals surface area contributed by atoms with Crippen LogP contribution in [-0.2, 0) is 12.8 Å². The van der Waals surface area contributed by atoms with Crippen LogP contribution < -0.4 is 11.1 Å². The van der Waals surface area contributed by atoms with Crippen LogP contribution in [0, 0.1) is 0 Å². The molecule has 0 aliphatic carbocycles. The molecule has 6 heteroatoms. The van der Waals surface area contributed by atoms with Crippen LogP contribution in [0.4, 0.5) is 11.8 Å². The van der Waals surface area contributed by atoms with E-state index in [9.17, 15) is 0 Å². The molecule has 0 radical (unpaired) electrons. The van der Waals surface area contributed by atoms with Gasteiger partial charge in [-0.05, 0) is 25.3 Å². The predicted octanol–water partition coefficient (Wildman–Crippen LogP) is 2.19. The number of anilines is 2. The van der Waals surface area contributed by atoms with E-state index in [-0.39, 0.29) is 5.95 Å². The lowest BCUT2D eigenvalue weighted by molar-refractivity contribution is 0.770. The summed E-state index contributed by atoms with van der Waals surface area (Å²) in [7, 11) is 0. The number of hydrogen-bond donors (Lipinski definition) is 2. The Balaban J connectivity index is 2.40. The van der Waals surface area contributed by atoms with Crippen molar-refractivity contribution in [3.8, 4) is 5.82 Å². The Labute approximate surface area is 119 Å². The van der Waals surface area contributed by atoms with Gasteiger partial charge in [0.25, 0.3) is 0 Å². The zero-order valence-corrected chi connectivity index (χ0v) is 12.3. The van der Waals surface area contributed by atoms with Gasteiger partial charge in [-0.15, -0.1) is 0 Å². The van der Waals surface area contributed by atoms with Gasteiger partial charge in [0.1, 0.15) is 5.82 Å². The second-order valence-corrected chi connectivity index (χ2v) is 4.64. The second kappa shape index (κ2) is 6.36. The van der Waals surface area contributed by atoms with Crippen LogP contribution in [0.3, 0.4) is 0 Å². The van der Waals surface area contributed by atoms with Crippen molar-refractivity contribution in [2.75, 3.05) is 17.6 Å². The lowest BCUT2D eigenvalue weighted by atomic mass is 10.2. The standard InChI is InChI=1S/C14H22N6/c1-4-7-16-12-9-13(18-14(15)17-12)20-11(6-3)8-10(5-2)19-20/h8-9H,4-7H2,1-3H3,(H3,15,16,17,18). The molecule has 0 saturated carbocycles. The maximum absolute atomic E-state index is 5.80. The van der Waals surface area contributed by atoms with Crippen LogP contribution in [0.2, 0.25) is 0 Å². The average molecular weight is 274 g/mol. The third kappa shape index (κ3) is 3.07. The molecule has 0 amide bonds. The minimum Gasteiger partial charge on any atom is -0.370 e. The summed E-state index contributed by atoms with van der Waals surface area (Å²) in [5.74, 6) is 1.72. The summed E-state index contributed by atoms with van der Waals surface area (Å²) in [5, 5.41) is 7.81. The minimum atomic E-state index is 0.261. The van der Waals surface area contributed by atoms with E-state index < -0.39 is 0 Å². The smallest absolute Gasteiger partial charge is 0.224 e. The molecule has 2 rings (SSSR count). The highest BCUT2D eigenvalue weighted by atomic mass is 15.3. The summed E-state index contributed by atoms with van der Waals surface area (Å²) in [5.41, 5.74) is 7.98. The zero-order chi connectivity index (χ0) is 14.5. The summed E-state index contributed by atoms with van der Waals surface area (Å²) in [6.07, 6.45) is 2.83. The SMILES string of the molecule is CCCNc1cc(-n2nc(CC)cc2CC)nc(N)n1. The van der Waals surface area contributed by atoms with Crippen LogP contribution >= 0.6 is 0 Å². The minimum absolute atomic E-state index is 0.261. The topological polar surface area (TPSA) is 81.7 Å². The molecular weight excluding hydrogens is 252 g/mol. The number of nitrogens with two attached hydrogens (primary N) is 1. The first-order valence-corrected chi connectivity index (χ1v) is 7.14. The molecule has 0 unspecified atom stereocenters. The zero-order valence-electron chi connectivity index (χ0n) is 12.3.